The van der Waals surface area contributed by atoms with Crippen molar-refractivity contribution in [2.24, 2.45) is 0 Å². The maximum Gasteiger partial charge on any atom is 0.307 e. The molecule has 0 spiro atoms. The number of rotatable bonds is 6. The van der Waals surface area contributed by atoms with Gasteiger partial charge in [0.1, 0.15) is 6.54 Å². The second-order valence-corrected chi connectivity index (χ2v) is 5.99. The summed E-state index contributed by atoms with van der Waals surface area (Å²) in [4.78, 5) is 25.5. The highest BCUT2D eigenvalue weighted by atomic mass is 32.1. The molecular formula is C16H20N2O4S. The Morgan fingerprint density at radius 1 is 1.26 bits per heavy atom. The van der Waals surface area contributed by atoms with Gasteiger partial charge in [-0.05, 0) is 24.6 Å². The number of likely N-dealkylation sites (N-methyl/N-ethyl adjacent to an activating group) is 1. The fraction of sp³-hybridized carbons (Fsp3) is 0.375. The predicted octanol–water partition coefficient (Wildman–Crippen LogP) is 1.89. The first-order valence-electron chi connectivity index (χ1n) is 7.06. The zero-order chi connectivity index (χ0) is 17.0. The van der Waals surface area contributed by atoms with E-state index < -0.39 is 0 Å². The van der Waals surface area contributed by atoms with E-state index in [9.17, 15) is 9.59 Å². The maximum atomic E-state index is 12.3. The van der Waals surface area contributed by atoms with Crippen molar-refractivity contribution in [3.8, 4) is 11.5 Å². The number of thiazole rings is 1. The second kappa shape index (κ2) is 7.32. The number of nitrogens with zero attached hydrogens (tertiary/aromatic N) is 2. The van der Waals surface area contributed by atoms with Crippen molar-refractivity contribution >= 4 is 17.2 Å². The number of benzene rings is 1. The molecule has 1 aromatic carbocycles. The zero-order valence-corrected chi connectivity index (χ0v) is 14.5. The SMILES string of the molecule is COc1ccc(CN(C)C(=O)Cn2c(C)csc2=O)cc1OC. The minimum atomic E-state index is -0.122. The zero-order valence-electron chi connectivity index (χ0n) is 13.7. The summed E-state index contributed by atoms with van der Waals surface area (Å²) >= 11 is 1.10. The van der Waals surface area contributed by atoms with Crippen molar-refractivity contribution in [3.63, 3.8) is 0 Å². The van der Waals surface area contributed by atoms with Crippen molar-refractivity contribution in [3.05, 3.63) is 44.5 Å². The van der Waals surface area contributed by atoms with Gasteiger partial charge in [0, 0.05) is 24.7 Å². The molecule has 0 N–H and O–H groups in total. The highest BCUT2D eigenvalue weighted by Crippen LogP contribution is 2.27. The summed E-state index contributed by atoms with van der Waals surface area (Å²) in [6, 6.07) is 5.53. The number of ether oxygens (including phenoxy) is 2. The van der Waals surface area contributed by atoms with Gasteiger partial charge in [0.2, 0.25) is 5.91 Å². The fourth-order valence-corrected chi connectivity index (χ4v) is 2.93. The molecule has 0 atom stereocenters. The molecule has 23 heavy (non-hydrogen) atoms. The molecule has 0 saturated carbocycles. The van der Waals surface area contributed by atoms with Crippen molar-refractivity contribution in [2.45, 2.75) is 20.0 Å². The van der Waals surface area contributed by atoms with Crippen LogP contribution in [-0.4, -0.2) is 36.6 Å². The van der Waals surface area contributed by atoms with Crippen LogP contribution in [0, 0.1) is 6.92 Å². The van der Waals surface area contributed by atoms with Crippen molar-refractivity contribution in [1.29, 1.82) is 0 Å². The molecule has 1 amide bonds. The molecule has 1 heterocycles. The number of carbonyl (C=O) groups is 1. The van der Waals surface area contributed by atoms with Crippen LogP contribution in [0.5, 0.6) is 11.5 Å². The Balaban J connectivity index is 2.08. The summed E-state index contributed by atoms with van der Waals surface area (Å²) < 4.78 is 11.9. The van der Waals surface area contributed by atoms with Crippen LogP contribution < -0.4 is 14.3 Å². The van der Waals surface area contributed by atoms with Gasteiger partial charge in [0.05, 0.1) is 14.2 Å². The van der Waals surface area contributed by atoms with Gasteiger partial charge in [-0.25, -0.2) is 0 Å². The van der Waals surface area contributed by atoms with E-state index in [1.165, 1.54) is 4.57 Å². The lowest BCUT2D eigenvalue weighted by Crippen LogP contribution is -2.32. The van der Waals surface area contributed by atoms with E-state index >= 15 is 0 Å². The Kier molecular flexibility index (Phi) is 5.44. The van der Waals surface area contributed by atoms with Crippen LogP contribution in [0.4, 0.5) is 0 Å². The Hall–Kier alpha value is -2.28. The minimum Gasteiger partial charge on any atom is -0.493 e. The third-order valence-corrected chi connectivity index (χ3v) is 4.44. The van der Waals surface area contributed by atoms with Crippen LogP contribution in [0.15, 0.2) is 28.4 Å². The summed E-state index contributed by atoms with van der Waals surface area (Å²) in [5.41, 5.74) is 1.72. The van der Waals surface area contributed by atoms with Crippen LogP contribution in [0.25, 0.3) is 0 Å². The molecule has 0 saturated heterocycles. The lowest BCUT2D eigenvalue weighted by Gasteiger charge is -2.18. The van der Waals surface area contributed by atoms with Gasteiger partial charge in [0.25, 0.3) is 0 Å². The third-order valence-electron chi connectivity index (χ3n) is 3.56. The number of aromatic nitrogens is 1. The number of methoxy groups -OCH3 is 2. The van der Waals surface area contributed by atoms with Crippen molar-refractivity contribution < 1.29 is 14.3 Å². The van der Waals surface area contributed by atoms with E-state index in [1.54, 1.807) is 37.6 Å². The molecule has 0 aliphatic carbocycles. The summed E-state index contributed by atoms with van der Waals surface area (Å²) in [7, 11) is 4.86. The van der Waals surface area contributed by atoms with E-state index in [2.05, 4.69) is 0 Å². The van der Waals surface area contributed by atoms with Crippen LogP contribution in [0.2, 0.25) is 0 Å². The number of carbonyl (C=O) groups excluding carboxylic acids is 1. The quantitative estimate of drug-likeness (QED) is 0.808. The van der Waals surface area contributed by atoms with Crippen molar-refractivity contribution in [1.82, 2.24) is 9.47 Å². The molecule has 0 aliphatic heterocycles. The lowest BCUT2D eigenvalue weighted by atomic mass is 10.2. The minimum absolute atomic E-state index is 0.0535. The molecule has 0 radical (unpaired) electrons. The lowest BCUT2D eigenvalue weighted by molar-refractivity contribution is -0.131. The molecular weight excluding hydrogens is 316 g/mol. The van der Waals surface area contributed by atoms with Gasteiger partial charge in [-0.1, -0.05) is 17.4 Å². The third kappa shape index (κ3) is 3.92. The van der Waals surface area contributed by atoms with Gasteiger partial charge >= 0.3 is 4.87 Å². The second-order valence-electron chi connectivity index (χ2n) is 5.17. The summed E-state index contributed by atoms with van der Waals surface area (Å²) in [5.74, 6) is 1.14. The van der Waals surface area contributed by atoms with Gasteiger partial charge in [-0.2, -0.15) is 0 Å². The average Bonchev–Trinajstić information content (AvgIpc) is 2.86. The first-order chi connectivity index (χ1) is 11.0. The van der Waals surface area contributed by atoms with Crippen LogP contribution in [0.3, 0.4) is 0 Å². The molecule has 2 aromatic rings. The van der Waals surface area contributed by atoms with Crippen LogP contribution in [0.1, 0.15) is 11.3 Å². The van der Waals surface area contributed by atoms with E-state index in [1.807, 2.05) is 19.1 Å². The number of hydrogen-bond acceptors (Lipinski definition) is 5. The number of aryl methyl sites for hydroxylation is 1. The molecule has 124 valence electrons. The Morgan fingerprint density at radius 2 is 1.96 bits per heavy atom. The molecule has 1 aromatic heterocycles. The van der Waals surface area contributed by atoms with E-state index in [0.29, 0.717) is 18.0 Å². The Labute approximate surface area is 138 Å². The highest BCUT2D eigenvalue weighted by Gasteiger charge is 2.14. The molecule has 2 rings (SSSR count). The molecule has 7 heteroatoms. The Bertz CT molecular complexity index is 751. The largest absolute Gasteiger partial charge is 0.493 e. The average molecular weight is 336 g/mol. The van der Waals surface area contributed by atoms with Crippen LogP contribution >= 0.6 is 11.3 Å². The summed E-state index contributed by atoms with van der Waals surface area (Å²) in [6.07, 6.45) is 0. The summed E-state index contributed by atoms with van der Waals surface area (Å²) in [5, 5.41) is 1.75. The smallest absolute Gasteiger partial charge is 0.307 e. The van der Waals surface area contributed by atoms with E-state index in [4.69, 9.17) is 9.47 Å². The Morgan fingerprint density at radius 3 is 2.52 bits per heavy atom. The van der Waals surface area contributed by atoms with E-state index in [-0.39, 0.29) is 17.3 Å². The van der Waals surface area contributed by atoms with Gasteiger partial charge in [0.15, 0.2) is 11.5 Å². The maximum absolute atomic E-state index is 12.3. The van der Waals surface area contributed by atoms with Crippen molar-refractivity contribution in [2.75, 3.05) is 21.3 Å². The summed E-state index contributed by atoms with van der Waals surface area (Å²) in [6.45, 7) is 2.30. The highest BCUT2D eigenvalue weighted by molar-refractivity contribution is 7.07. The molecule has 0 fully saturated rings. The molecule has 0 aliphatic rings. The normalized spacial score (nSPS) is 10.4. The molecule has 6 nitrogen and oxygen atoms in total. The predicted molar refractivity (Wildman–Crippen MR) is 89.3 cm³/mol. The standard InChI is InChI=1S/C16H20N2O4S/c1-11-10-23-16(20)18(11)9-15(19)17(2)8-12-5-6-13(21-3)14(7-12)22-4/h5-7,10H,8-9H2,1-4H3. The monoisotopic (exact) mass is 336 g/mol. The van der Waals surface area contributed by atoms with Gasteiger partial charge in [-0.3, -0.25) is 14.2 Å². The topological polar surface area (TPSA) is 60.8 Å². The number of amides is 1. The first-order valence-corrected chi connectivity index (χ1v) is 7.94. The first kappa shape index (κ1) is 17.1. The fourth-order valence-electron chi connectivity index (χ4n) is 2.19. The number of hydrogen-bond donors (Lipinski definition) is 0. The van der Waals surface area contributed by atoms with Gasteiger partial charge < -0.3 is 14.4 Å². The van der Waals surface area contributed by atoms with Gasteiger partial charge in [-0.15, -0.1) is 0 Å². The van der Waals surface area contributed by atoms with Crippen LogP contribution in [-0.2, 0) is 17.9 Å². The van der Waals surface area contributed by atoms with E-state index in [0.717, 1.165) is 22.6 Å². The molecule has 0 unspecified atom stereocenters. The molecule has 0 bridgehead atoms.